The molecule has 2 heteroatoms. The van der Waals surface area contributed by atoms with Gasteiger partial charge in [0.2, 0.25) is 0 Å². The molecule has 4 atom stereocenters. The molecule has 4 unspecified atom stereocenters. The van der Waals surface area contributed by atoms with Gasteiger partial charge in [0.1, 0.15) is 0 Å². The summed E-state index contributed by atoms with van der Waals surface area (Å²) in [6.07, 6.45) is 11.4. The molecule has 4 bridgehead atoms. The molecular formula is C19H28N2. The summed E-state index contributed by atoms with van der Waals surface area (Å²) in [6, 6.07) is 11.0. The van der Waals surface area contributed by atoms with Gasteiger partial charge in [-0.2, -0.15) is 0 Å². The topological polar surface area (TPSA) is 24.1 Å². The minimum absolute atomic E-state index is 0. The Morgan fingerprint density at radius 2 is 1.57 bits per heavy atom. The quantitative estimate of drug-likeness (QED) is 0.706. The SMILES string of the molecule is C.C1=CC2CCCC1N2.c1ccc2c(c1)C1CCC2NC1. The van der Waals surface area contributed by atoms with Gasteiger partial charge in [-0.3, -0.25) is 0 Å². The van der Waals surface area contributed by atoms with Crippen molar-refractivity contribution in [3.05, 3.63) is 47.5 Å². The Hall–Kier alpha value is -1.12. The molecule has 2 saturated heterocycles. The van der Waals surface area contributed by atoms with E-state index < -0.39 is 0 Å². The first-order valence-electron chi connectivity index (χ1n) is 8.17. The normalized spacial score (nSPS) is 34.5. The summed E-state index contributed by atoms with van der Waals surface area (Å²) in [5, 5.41) is 7.05. The predicted molar refractivity (Wildman–Crippen MR) is 89.6 cm³/mol. The van der Waals surface area contributed by atoms with Gasteiger partial charge in [0.05, 0.1) is 0 Å². The average molecular weight is 284 g/mol. The summed E-state index contributed by atoms with van der Waals surface area (Å²) in [7, 11) is 0. The molecule has 0 aromatic heterocycles. The van der Waals surface area contributed by atoms with Gasteiger partial charge in [-0.1, -0.05) is 43.8 Å². The number of rotatable bonds is 0. The van der Waals surface area contributed by atoms with Gasteiger partial charge in [0.25, 0.3) is 0 Å². The Labute approximate surface area is 129 Å². The molecule has 1 aromatic carbocycles. The third-order valence-corrected chi connectivity index (χ3v) is 5.26. The Bertz CT molecular complexity index is 457. The van der Waals surface area contributed by atoms with Crippen LogP contribution in [0.5, 0.6) is 0 Å². The van der Waals surface area contributed by atoms with Gasteiger partial charge >= 0.3 is 0 Å². The predicted octanol–water partition coefficient (Wildman–Crippen LogP) is 3.91. The van der Waals surface area contributed by atoms with E-state index >= 15 is 0 Å². The minimum Gasteiger partial charge on any atom is -0.309 e. The second-order valence-electron chi connectivity index (χ2n) is 6.56. The number of nitrogens with one attached hydrogen (secondary N) is 2. The van der Waals surface area contributed by atoms with Crippen molar-refractivity contribution in [2.75, 3.05) is 6.54 Å². The summed E-state index contributed by atoms with van der Waals surface area (Å²) >= 11 is 0. The highest BCUT2D eigenvalue weighted by Gasteiger charge is 2.31. The molecule has 4 heterocycles. The van der Waals surface area contributed by atoms with Crippen molar-refractivity contribution in [3.63, 3.8) is 0 Å². The molecule has 0 saturated carbocycles. The van der Waals surface area contributed by atoms with Crippen LogP contribution in [0, 0.1) is 0 Å². The maximum atomic E-state index is 3.57. The third kappa shape index (κ3) is 2.93. The van der Waals surface area contributed by atoms with Gasteiger partial charge in [0, 0.05) is 24.7 Å². The van der Waals surface area contributed by atoms with Crippen LogP contribution in [0.25, 0.3) is 0 Å². The van der Waals surface area contributed by atoms with Crippen molar-refractivity contribution >= 4 is 0 Å². The van der Waals surface area contributed by atoms with Crippen LogP contribution in [0.1, 0.15) is 62.6 Å². The van der Waals surface area contributed by atoms with Crippen molar-refractivity contribution in [3.8, 4) is 0 Å². The van der Waals surface area contributed by atoms with E-state index in [4.69, 9.17) is 0 Å². The van der Waals surface area contributed by atoms with Crippen LogP contribution in [-0.4, -0.2) is 18.6 Å². The van der Waals surface area contributed by atoms with Crippen LogP contribution in [0.2, 0.25) is 0 Å². The maximum absolute atomic E-state index is 3.57. The zero-order chi connectivity index (χ0) is 13.4. The number of hydrogen-bond donors (Lipinski definition) is 2. The number of hydrogen-bond acceptors (Lipinski definition) is 2. The first-order valence-corrected chi connectivity index (χ1v) is 8.17. The lowest BCUT2D eigenvalue weighted by atomic mass is 9.76. The number of fused-ring (bicyclic) bond motifs is 4. The lowest BCUT2D eigenvalue weighted by Gasteiger charge is -2.39. The zero-order valence-corrected chi connectivity index (χ0v) is 12.0. The number of benzene rings is 1. The first-order chi connectivity index (χ1) is 9.90. The van der Waals surface area contributed by atoms with E-state index in [0.717, 1.165) is 18.0 Å². The summed E-state index contributed by atoms with van der Waals surface area (Å²) in [5.74, 6) is 0.797. The van der Waals surface area contributed by atoms with Crippen molar-refractivity contribution in [1.29, 1.82) is 0 Å². The molecule has 1 aliphatic carbocycles. The second kappa shape index (κ2) is 6.33. The fourth-order valence-corrected chi connectivity index (χ4v) is 4.16. The Morgan fingerprint density at radius 3 is 2.14 bits per heavy atom. The van der Waals surface area contributed by atoms with Gasteiger partial charge in [-0.15, -0.1) is 0 Å². The minimum atomic E-state index is 0. The Balaban J connectivity index is 0.000000129. The third-order valence-electron chi connectivity index (χ3n) is 5.26. The van der Waals surface area contributed by atoms with E-state index in [2.05, 4.69) is 47.1 Å². The molecule has 2 nitrogen and oxygen atoms in total. The van der Waals surface area contributed by atoms with Crippen LogP contribution >= 0.6 is 0 Å². The van der Waals surface area contributed by atoms with E-state index in [1.807, 2.05) is 0 Å². The van der Waals surface area contributed by atoms with Crippen molar-refractivity contribution < 1.29 is 0 Å². The molecule has 0 spiro atoms. The molecule has 5 aliphatic rings. The molecule has 2 N–H and O–H groups in total. The summed E-state index contributed by atoms with van der Waals surface area (Å²) in [4.78, 5) is 0. The number of piperidine rings is 2. The molecular weight excluding hydrogens is 256 g/mol. The highest BCUT2D eigenvalue weighted by atomic mass is 15.0. The molecule has 6 rings (SSSR count). The average Bonchev–Trinajstić information content (AvgIpc) is 2.88. The van der Waals surface area contributed by atoms with Crippen molar-refractivity contribution in [2.45, 2.75) is 63.6 Å². The lowest BCUT2D eigenvalue weighted by molar-refractivity contribution is 0.338. The molecule has 114 valence electrons. The molecule has 0 radical (unpaired) electrons. The zero-order valence-electron chi connectivity index (χ0n) is 12.0. The fourth-order valence-electron chi connectivity index (χ4n) is 4.16. The molecule has 0 amide bonds. The monoisotopic (exact) mass is 284 g/mol. The first kappa shape index (κ1) is 14.8. The van der Waals surface area contributed by atoms with E-state index in [1.54, 1.807) is 11.1 Å². The molecule has 4 aliphatic heterocycles. The Kier molecular flexibility index (Phi) is 4.46. The van der Waals surface area contributed by atoms with Gasteiger partial charge in [-0.05, 0) is 49.1 Å². The van der Waals surface area contributed by atoms with Crippen molar-refractivity contribution in [1.82, 2.24) is 10.6 Å². The van der Waals surface area contributed by atoms with Gasteiger partial charge in [0.15, 0.2) is 0 Å². The molecule has 2 fully saturated rings. The van der Waals surface area contributed by atoms with Crippen molar-refractivity contribution in [2.24, 2.45) is 0 Å². The van der Waals surface area contributed by atoms with Gasteiger partial charge < -0.3 is 10.6 Å². The van der Waals surface area contributed by atoms with E-state index in [0.29, 0.717) is 6.04 Å². The highest BCUT2D eigenvalue weighted by Crippen LogP contribution is 2.40. The second-order valence-corrected chi connectivity index (χ2v) is 6.56. The Morgan fingerprint density at radius 1 is 0.857 bits per heavy atom. The fraction of sp³-hybridized carbons (Fsp3) is 0.579. The van der Waals surface area contributed by atoms with E-state index in [1.165, 1.54) is 38.6 Å². The summed E-state index contributed by atoms with van der Waals surface area (Å²) in [6.45, 7) is 1.20. The van der Waals surface area contributed by atoms with Crippen LogP contribution < -0.4 is 10.6 Å². The summed E-state index contributed by atoms with van der Waals surface area (Å²) < 4.78 is 0. The smallest absolute Gasteiger partial charge is 0.0323 e. The maximum Gasteiger partial charge on any atom is 0.0323 e. The van der Waals surface area contributed by atoms with Crippen LogP contribution in [0.15, 0.2) is 36.4 Å². The van der Waals surface area contributed by atoms with E-state index in [9.17, 15) is 0 Å². The molecule has 21 heavy (non-hydrogen) atoms. The van der Waals surface area contributed by atoms with E-state index in [-0.39, 0.29) is 7.43 Å². The molecule has 1 aromatic rings. The summed E-state index contributed by atoms with van der Waals surface area (Å²) in [5.41, 5.74) is 3.16. The van der Waals surface area contributed by atoms with Gasteiger partial charge in [-0.25, -0.2) is 0 Å². The lowest BCUT2D eigenvalue weighted by Crippen LogP contribution is -2.38. The largest absolute Gasteiger partial charge is 0.309 e. The van der Waals surface area contributed by atoms with Crippen LogP contribution in [-0.2, 0) is 0 Å². The van der Waals surface area contributed by atoms with Crippen LogP contribution in [0.3, 0.4) is 0 Å². The highest BCUT2D eigenvalue weighted by molar-refractivity contribution is 5.37. The van der Waals surface area contributed by atoms with Crippen LogP contribution in [0.4, 0.5) is 0 Å². The standard InChI is InChI=1S/C11H13N.C7H11N.CH4/c1-2-4-10-9(3-1)8-5-6-11(10)12-7-8;1-2-6-4-5-7(3-1)8-6;/h1-4,8,11-12H,5-7H2;4-8H,1-3H2;1H4.